The van der Waals surface area contributed by atoms with Crippen molar-refractivity contribution < 1.29 is 58.2 Å². The second-order valence-electron chi connectivity index (χ2n) is 19.4. The molecule has 27 heteroatoms. The molecule has 26 nitrogen and oxygen atoms in total. The lowest BCUT2D eigenvalue weighted by molar-refractivity contribution is -0.136. The van der Waals surface area contributed by atoms with Crippen LogP contribution in [0.3, 0.4) is 0 Å². The molecule has 0 aliphatic carbocycles. The monoisotopic (exact) mass is 1080 g/mol. The molecule has 1 aliphatic rings. The number of unbranched alkanes of at least 4 members (excludes halogenated alkanes) is 3. The van der Waals surface area contributed by atoms with Crippen LogP contribution in [0.4, 0.5) is 0 Å². The van der Waals surface area contributed by atoms with Gasteiger partial charge in [0.15, 0.2) is 0 Å². The summed E-state index contributed by atoms with van der Waals surface area (Å²) in [5.74, 6) is -8.82. The van der Waals surface area contributed by atoms with Gasteiger partial charge in [-0.05, 0) is 103 Å². The Hall–Kier alpha value is -5.25. The van der Waals surface area contributed by atoms with Crippen molar-refractivity contribution in [2.75, 3.05) is 32.7 Å². The first-order chi connectivity index (χ1) is 34.4. The highest BCUT2D eigenvalue weighted by molar-refractivity contribution is 5.98. The van der Waals surface area contributed by atoms with E-state index in [2.05, 4.69) is 53.2 Å². The lowest BCUT2D eigenvalue weighted by Crippen LogP contribution is -2.61. The van der Waals surface area contributed by atoms with Crippen molar-refractivity contribution in [2.45, 2.75) is 192 Å². The van der Waals surface area contributed by atoms with Gasteiger partial charge in [0.2, 0.25) is 59.1 Å². The molecule has 11 atom stereocenters. The number of carbonyl (C=O) groups is 10. The summed E-state index contributed by atoms with van der Waals surface area (Å²) in [6.45, 7) is 10.8. The van der Waals surface area contributed by atoms with Gasteiger partial charge in [-0.25, -0.2) is 0 Å². The Bertz CT molecular complexity index is 1810. The first-order valence-corrected chi connectivity index (χ1v) is 25.6. The van der Waals surface area contributed by atoms with E-state index >= 15 is 0 Å². The lowest BCUT2D eigenvalue weighted by Gasteiger charge is -2.29. The zero-order valence-electron chi connectivity index (χ0n) is 44.2. The maximum atomic E-state index is 14.3. The summed E-state index contributed by atoms with van der Waals surface area (Å²) in [4.78, 5) is 138. The minimum atomic E-state index is -1.65. The van der Waals surface area contributed by atoms with E-state index in [-0.39, 0.29) is 95.4 Å². The molecular formula is C47H89ClN14O12. The Morgan fingerprint density at radius 3 is 1.45 bits per heavy atom. The van der Waals surface area contributed by atoms with Gasteiger partial charge in [-0.1, -0.05) is 53.9 Å². The molecule has 1 rings (SSSR count). The van der Waals surface area contributed by atoms with Crippen LogP contribution in [-0.4, -0.2) is 169 Å². The molecule has 74 heavy (non-hydrogen) atoms. The largest absolute Gasteiger partial charge is 0.391 e. The zero-order chi connectivity index (χ0) is 55.4. The number of hydrogen-bond donors (Lipinski definition) is 16. The van der Waals surface area contributed by atoms with Crippen molar-refractivity contribution in [1.82, 2.24) is 53.2 Å². The highest BCUT2D eigenvalue weighted by Gasteiger charge is 2.37. The third-order valence-corrected chi connectivity index (χ3v) is 11.8. The molecule has 0 aromatic carbocycles. The van der Waals surface area contributed by atoms with E-state index < -0.39 is 139 Å². The van der Waals surface area contributed by atoms with Gasteiger partial charge in [-0.2, -0.15) is 0 Å². The second kappa shape index (κ2) is 36.7. The summed E-state index contributed by atoms with van der Waals surface area (Å²) in [7, 11) is 0. The topological polar surface area (TPSA) is 436 Å². The Balaban J connectivity index is 0.0000533. The normalized spacial score (nSPS) is 23.7. The summed E-state index contributed by atoms with van der Waals surface area (Å²) in [6, 6.07) is -12.8. The van der Waals surface area contributed by atoms with Crippen molar-refractivity contribution in [3.63, 3.8) is 0 Å². The molecular weight excluding hydrogens is 988 g/mol. The van der Waals surface area contributed by atoms with Crippen LogP contribution in [0.15, 0.2) is 0 Å². The molecule has 1 saturated heterocycles. The molecule has 1 aliphatic heterocycles. The van der Waals surface area contributed by atoms with Crippen molar-refractivity contribution in [3.8, 4) is 0 Å². The third kappa shape index (κ3) is 25.3. The standard InChI is InChI=1S/C47H88N14O12.ClH/c1-8-9-10-11-12-36(64)60-38(28(7)63)47(73)57-31(15-20-50)40(66)56-33-17-22-52-46(72)37(27(6)62)61-43(69)32(16-21-51)54-39(65)29(13-18-48)55-44(70)34(23-25(2)3)59-45(71)35(24-26(4)5)58-41(67)30(14-19-49)53-42(33)68;/h25-35,37-38,62-63H,8-24,48-51H2,1-7H3,(H,52,72)(H,53,68)(H,54,65)(H,55,70)(H,56,66)(H,57,73)(H,58,67)(H,59,71)(H,60,64)(H,61,69);1H. The fourth-order valence-electron chi connectivity index (χ4n) is 7.78. The van der Waals surface area contributed by atoms with E-state index in [1.165, 1.54) is 13.8 Å². The zero-order valence-corrected chi connectivity index (χ0v) is 45.0. The number of carbonyl (C=O) groups excluding carboxylic acids is 10. The average Bonchev–Trinajstić information content (AvgIpc) is 3.31. The van der Waals surface area contributed by atoms with E-state index in [0.717, 1.165) is 19.3 Å². The maximum absolute atomic E-state index is 14.3. The van der Waals surface area contributed by atoms with Crippen molar-refractivity contribution in [2.24, 2.45) is 34.8 Å². The van der Waals surface area contributed by atoms with E-state index in [4.69, 9.17) is 22.9 Å². The number of amides is 10. The molecule has 1 heterocycles. The average molecular weight is 1080 g/mol. The number of nitrogens with two attached hydrogens (primary N) is 4. The molecule has 0 spiro atoms. The Morgan fingerprint density at radius 1 is 0.581 bits per heavy atom. The van der Waals surface area contributed by atoms with Gasteiger partial charge in [-0.3, -0.25) is 47.9 Å². The van der Waals surface area contributed by atoms with E-state index in [1.807, 2.05) is 6.92 Å². The van der Waals surface area contributed by atoms with Crippen LogP contribution >= 0.6 is 12.4 Å². The highest BCUT2D eigenvalue weighted by atomic mass is 35.5. The van der Waals surface area contributed by atoms with Crippen molar-refractivity contribution in [3.05, 3.63) is 0 Å². The van der Waals surface area contributed by atoms with Crippen LogP contribution < -0.4 is 76.1 Å². The molecule has 0 saturated carbocycles. The van der Waals surface area contributed by atoms with Crippen LogP contribution in [0.25, 0.3) is 0 Å². The number of aliphatic hydroxyl groups is 2. The first-order valence-electron chi connectivity index (χ1n) is 25.6. The van der Waals surface area contributed by atoms with Gasteiger partial charge in [0.1, 0.15) is 54.4 Å². The molecule has 20 N–H and O–H groups in total. The fourth-order valence-corrected chi connectivity index (χ4v) is 7.78. The molecule has 1 fully saturated rings. The summed E-state index contributed by atoms with van der Waals surface area (Å²) in [5.41, 5.74) is 23.4. The van der Waals surface area contributed by atoms with E-state index in [0.29, 0.717) is 6.42 Å². The van der Waals surface area contributed by atoms with Gasteiger partial charge in [0.05, 0.1) is 12.2 Å². The highest BCUT2D eigenvalue weighted by Crippen LogP contribution is 2.12. The second-order valence-corrected chi connectivity index (χ2v) is 19.4. The summed E-state index contributed by atoms with van der Waals surface area (Å²) >= 11 is 0. The van der Waals surface area contributed by atoms with Gasteiger partial charge in [0.25, 0.3) is 0 Å². The number of aliphatic hydroxyl groups excluding tert-OH is 2. The fraction of sp³-hybridized carbons (Fsp3) is 0.787. The van der Waals surface area contributed by atoms with Crippen LogP contribution in [0.5, 0.6) is 0 Å². The molecule has 0 aromatic rings. The minimum absolute atomic E-state index is 0. The van der Waals surface area contributed by atoms with Crippen LogP contribution in [0, 0.1) is 11.8 Å². The summed E-state index contributed by atoms with van der Waals surface area (Å²) in [5, 5.41) is 46.7. The molecule has 0 aromatic heterocycles. The Morgan fingerprint density at radius 2 is 1.03 bits per heavy atom. The van der Waals surface area contributed by atoms with Gasteiger partial charge in [-0.15, -0.1) is 12.4 Å². The maximum Gasteiger partial charge on any atom is 0.245 e. The molecule has 426 valence electrons. The Labute approximate surface area is 441 Å². The van der Waals surface area contributed by atoms with Gasteiger partial charge >= 0.3 is 0 Å². The SMILES string of the molecule is CCCCCCC(=O)NC(C(=O)NC(CCN)C(=O)NC1CCNC(=O)C(C(C)O)NC(=O)C(CCN)NC(=O)C(CCN)NC(=O)C(CC(C)C)NC(=O)C(CC(C)C)NC(=O)C(CCN)NC1=O)C(C)O.Cl. The smallest absolute Gasteiger partial charge is 0.245 e. The molecule has 11 unspecified atom stereocenters. The van der Waals surface area contributed by atoms with Crippen LogP contribution in [0.2, 0.25) is 0 Å². The number of halogens is 1. The molecule has 10 amide bonds. The van der Waals surface area contributed by atoms with E-state index in [1.54, 1.807) is 27.7 Å². The number of hydrogen-bond acceptors (Lipinski definition) is 16. The Kier molecular flexibility index (Phi) is 34.1. The van der Waals surface area contributed by atoms with Crippen molar-refractivity contribution in [1.29, 1.82) is 0 Å². The summed E-state index contributed by atoms with van der Waals surface area (Å²) < 4.78 is 0. The molecule has 0 radical (unpaired) electrons. The molecule has 0 bridgehead atoms. The number of rotatable bonds is 24. The van der Waals surface area contributed by atoms with Gasteiger partial charge < -0.3 is 86.3 Å². The van der Waals surface area contributed by atoms with Crippen LogP contribution in [0.1, 0.15) is 126 Å². The van der Waals surface area contributed by atoms with Gasteiger partial charge in [0, 0.05) is 13.0 Å². The summed E-state index contributed by atoms with van der Waals surface area (Å²) in [6.07, 6.45) is -0.507. The first kappa shape index (κ1) is 68.8. The van der Waals surface area contributed by atoms with E-state index in [9.17, 15) is 58.2 Å². The minimum Gasteiger partial charge on any atom is -0.391 e. The quantitative estimate of drug-likeness (QED) is 0.0405. The predicted octanol–water partition coefficient (Wildman–Crippen LogP) is -4.49. The third-order valence-electron chi connectivity index (χ3n) is 11.8. The number of nitrogens with one attached hydrogen (secondary N) is 10. The predicted molar refractivity (Wildman–Crippen MR) is 278 cm³/mol. The lowest BCUT2D eigenvalue weighted by atomic mass is 9.99. The van der Waals surface area contributed by atoms with Crippen molar-refractivity contribution >= 4 is 71.5 Å². The van der Waals surface area contributed by atoms with Crippen LogP contribution in [-0.2, 0) is 47.9 Å².